The number of nitrogens with zero attached hydrogens (tertiary/aromatic N) is 1. The van der Waals surface area contributed by atoms with Gasteiger partial charge in [0.05, 0.1) is 18.5 Å². The van der Waals surface area contributed by atoms with E-state index >= 15 is 0 Å². The van der Waals surface area contributed by atoms with Gasteiger partial charge in [-0.3, -0.25) is 9.63 Å². The molecule has 3 aromatic rings. The lowest BCUT2D eigenvalue weighted by molar-refractivity contribution is 0.0537. The van der Waals surface area contributed by atoms with Gasteiger partial charge in [-0.15, -0.1) is 0 Å². The first-order chi connectivity index (χ1) is 13.6. The number of benzene rings is 3. The van der Waals surface area contributed by atoms with Gasteiger partial charge in [0.2, 0.25) is 0 Å². The number of hydroxylamine groups is 1. The summed E-state index contributed by atoms with van der Waals surface area (Å²) in [6.07, 6.45) is 0. The summed E-state index contributed by atoms with van der Waals surface area (Å²) < 4.78 is 14.7. The number of hydrogen-bond acceptors (Lipinski definition) is 4. The smallest absolute Gasteiger partial charge is 0.274 e. The monoisotopic (exact) mass is 412 g/mol. The number of carbonyl (C=O) groups excluding carboxylic acids is 1. The Bertz CT molecular complexity index is 1120. The fourth-order valence-electron chi connectivity index (χ4n) is 2.92. The molecule has 0 saturated heterocycles. The van der Waals surface area contributed by atoms with E-state index in [0.29, 0.717) is 27.5 Å². The van der Waals surface area contributed by atoms with Crippen LogP contribution >= 0.6 is 23.4 Å². The van der Waals surface area contributed by atoms with Crippen molar-refractivity contribution in [1.82, 2.24) is 5.48 Å². The van der Waals surface area contributed by atoms with Gasteiger partial charge in [-0.1, -0.05) is 41.6 Å². The predicted molar refractivity (Wildman–Crippen MR) is 108 cm³/mol. The van der Waals surface area contributed by atoms with Gasteiger partial charge in [0.1, 0.15) is 5.82 Å². The fourth-order valence-corrected chi connectivity index (χ4v) is 4.08. The SMILES string of the molecule is CONC(=O)c1ccc2c(c1)N=C(c1ccc(Cl)cc1F)c1ccccc1S2. The summed E-state index contributed by atoms with van der Waals surface area (Å²) >= 11 is 7.43. The maximum absolute atomic E-state index is 14.7. The standard InChI is InChI=1S/C21H14ClFN2O2S/c1-27-25-21(26)12-6-9-19-17(10-12)24-20(14-8-7-13(22)11-16(14)23)15-4-2-3-5-18(15)28-19/h2-11H,1H3,(H,25,26). The minimum absolute atomic E-state index is 0.317. The molecule has 7 heteroatoms. The first kappa shape index (κ1) is 18.7. The molecule has 140 valence electrons. The van der Waals surface area contributed by atoms with Crippen molar-refractivity contribution in [2.45, 2.75) is 9.79 Å². The van der Waals surface area contributed by atoms with Crippen LogP contribution in [0.3, 0.4) is 0 Å². The van der Waals surface area contributed by atoms with E-state index in [1.54, 1.807) is 24.3 Å². The Kier molecular flexibility index (Phi) is 5.17. The van der Waals surface area contributed by atoms with E-state index in [1.807, 2.05) is 30.3 Å². The van der Waals surface area contributed by atoms with Crippen LogP contribution in [0.2, 0.25) is 5.02 Å². The summed E-state index contributed by atoms with van der Waals surface area (Å²) in [5.41, 5.74) is 4.91. The number of amides is 1. The van der Waals surface area contributed by atoms with Crippen molar-refractivity contribution < 1.29 is 14.0 Å². The Morgan fingerprint density at radius 2 is 1.89 bits per heavy atom. The molecule has 4 rings (SSSR count). The van der Waals surface area contributed by atoms with E-state index < -0.39 is 5.82 Å². The Morgan fingerprint density at radius 3 is 2.68 bits per heavy atom. The molecule has 1 N–H and O–H groups in total. The Hall–Kier alpha value is -2.67. The Morgan fingerprint density at radius 1 is 1.07 bits per heavy atom. The molecule has 1 aliphatic rings. The van der Waals surface area contributed by atoms with Gasteiger partial charge in [0.25, 0.3) is 5.91 Å². The number of fused-ring (bicyclic) bond motifs is 2. The molecule has 0 spiro atoms. The number of halogens is 2. The second-order valence-corrected chi connectivity index (χ2v) is 7.52. The van der Waals surface area contributed by atoms with Crippen LogP contribution in [0.4, 0.5) is 10.1 Å². The van der Waals surface area contributed by atoms with E-state index in [1.165, 1.54) is 24.9 Å². The van der Waals surface area contributed by atoms with Crippen molar-refractivity contribution >= 4 is 40.7 Å². The minimum Gasteiger partial charge on any atom is -0.277 e. The molecule has 0 atom stereocenters. The van der Waals surface area contributed by atoms with Crippen LogP contribution in [0, 0.1) is 5.82 Å². The number of carbonyl (C=O) groups is 1. The molecule has 0 unspecified atom stereocenters. The lowest BCUT2D eigenvalue weighted by Crippen LogP contribution is -2.21. The summed E-state index contributed by atoms with van der Waals surface area (Å²) in [7, 11) is 1.37. The van der Waals surface area contributed by atoms with Crippen molar-refractivity contribution in [3.63, 3.8) is 0 Å². The molecule has 4 nitrogen and oxygen atoms in total. The zero-order chi connectivity index (χ0) is 19.7. The molecule has 28 heavy (non-hydrogen) atoms. The largest absolute Gasteiger partial charge is 0.277 e. The molecule has 0 aromatic heterocycles. The van der Waals surface area contributed by atoms with Gasteiger partial charge in [-0.25, -0.2) is 14.9 Å². The van der Waals surface area contributed by atoms with Crippen molar-refractivity contribution in [1.29, 1.82) is 0 Å². The van der Waals surface area contributed by atoms with Crippen LogP contribution in [0.5, 0.6) is 0 Å². The topological polar surface area (TPSA) is 50.7 Å². The average molecular weight is 413 g/mol. The minimum atomic E-state index is -0.456. The van der Waals surface area contributed by atoms with Gasteiger partial charge < -0.3 is 0 Å². The normalized spacial score (nSPS) is 12.5. The van der Waals surface area contributed by atoms with Crippen LogP contribution in [0.15, 0.2) is 75.4 Å². The highest BCUT2D eigenvalue weighted by atomic mass is 35.5. The summed E-state index contributed by atoms with van der Waals surface area (Å²) in [5, 5.41) is 0.317. The molecule has 0 radical (unpaired) electrons. The highest BCUT2D eigenvalue weighted by Crippen LogP contribution is 2.41. The first-order valence-corrected chi connectivity index (χ1v) is 9.55. The molecule has 0 bridgehead atoms. The molecule has 0 aliphatic carbocycles. The molecule has 1 heterocycles. The molecular formula is C21H14ClFN2O2S. The van der Waals surface area contributed by atoms with Crippen LogP contribution < -0.4 is 5.48 Å². The maximum Gasteiger partial charge on any atom is 0.274 e. The van der Waals surface area contributed by atoms with Gasteiger partial charge in [0, 0.05) is 31.5 Å². The molecule has 1 amide bonds. The molecule has 1 aliphatic heterocycles. The third kappa shape index (κ3) is 3.54. The van der Waals surface area contributed by atoms with Crippen molar-refractivity contribution in [2.24, 2.45) is 4.99 Å². The number of rotatable bonds is 3. The highest BCUT2D eigenvalue weighted by Gasteiger charge is 2.21. The van der Waals surface area contributed by atoms with Crippen molar-refractivity contribution in [3.8, 4) is 0 Å². The van der Waals surface area contributed by atoms with Gasteiger partial charge >= 0.3 is 0 Å². The third-order valence-corrected chi connectivity index (χ3v) is 5.57. The second-order valence-electron chi connectivity index (χ2n) is 6.00. The Balaban J connectivity index is 1.92. The van der Waals surface area contributed by atoms with Crippen LogP contribution in [-0.2, 0) is 4.84 Å². The fraction of sp³-hybridized carbons (Fsp3) is 0.0476. The van der Waals surface area contributed by atoms with Crippen LogP contribution in [-0.4, -0.2) is 18.7 Å². The first-order valence-electron chi connectivity index (χ1n) is 8.35. The van der Waals surface area contributed by atoms with Gasteiger partial charge in [0.15, 0.2) is 0 Å². The number of aliphatic imine (C=N–C) groups is 1. The van der Waals surface area contributed by atoms with Crippen molar-refractivity contribution in [3.05, 3.63) is 88.2 Å². The number of hydrogen-bond donors (Lipinski definition) is 1. The van der Waals surface area contributed by atoms with E-state index in [-0.39, 0.29) is 5.91 Å². The highest BCUT2D eigenvalue weighted by molar-refractivity contribution is 7.99. The van der Waals surface area contributed by atoms with Crippen molar-refractivity contribution in [2.75, 3.05) is 7.11 Å². The maximum atomic E-state index is 14.7. The average Bonchev–Trinajstić information content (AvgIpc) is 2.84. The van der Waals surface area contributed by atoms with E-state index in [4.69, 9.17) is 21.4 Å². The summed E-state index contributed by atoms with van der Waals surface area (Å²) in [6, 6.07) is 17.4. The number of nitrogens with one attached hydrogen (secondary N) is 1. The lowest BCUT2D eigenvalue weighted by Gasteiger charge is -2.10. The Labute approximate surface area is 170 Å². The summed E-state index contributed by atoms with van der Waals surface area (Å²) in [4.78, 5) is 23.4. The van der Waals surface area contributed by atoms with E-state index in [0.717, 1.165) is 15.4 Å². The van der Waals surface area contributed by atoms with Gasteiger partial charge in [-0.05, 0) is 42.5 Å². The van der Waals surface area contributed by atoms with Crippen LogP contribution in [0.25, 0.3) is 0 Å². The third-order valence-electron chi connectivity index (χ3n) is 4.20. The second kappa shape index (κ2) is 7.75. The summed E-state index contributed by atoms with van der Waals surface area (Å²) in [5.74, 6) is -0.839. The van der Waals surface area contributed by atoms with Crippen LogP contribution in [0.1, 0.15) is 21.5 Å². The van der Waals surface area contributed by atoms with Gasteiger partial charge in [-0.2, -0.15) is 0 Å². The quantitative estimate of drug-likeness (QED) is 0.458. The zero-order valence-corrected chi connectivity index (χ0v) is 16.3. The molecular weight excluding hydrogens is 399 g/mol. The van der Waals surface area contributed by atoms with E-state index in [9.17, 15) is 9.18 Å². The van der Waals surface area contributed by atoms with E-state index in [2.05, 4.69) is 5.48 Å². The zero-order valence-electron chi connectivity index (χ0n) is 14.7. The summed E-state index contributed by atoms with van der Waals surface area (Å²) in [6.45, 7) is 0. The molecule has 3 aromatic carbocycles. The molecule has 0 saturated carbocycles. The predicted octanol–water partition coefficient (Wildman–Crippen LogP) is 5.40. The molecule has 0 fully saturated rings. The lowest BCUT2D eigenvalue weighted by atomic mass is 10.0.